The Morgan fingerprint density at radius 1 is 1.33 bits per heavy atom. The van der Waals surface area contributed by atoms with Crippen molar-refractivity contribution in [2.24, 2.45) is 22.4 Å². The molecule has 21 heavy (non-hydrogen) atoms. The van der Waals surface area contributed by atoms with Crippen molar-refractivity contribution in [1.29, 1.82) is 0 Å². The highest BCUT2D eigenvalue weighted by molar-refractivity contribution is 7.87. The van der Waals surface area contributed by atoms with Gasteiger partial charge in [0, 0.05) is 25.6 Å². The van der Waals surface area contributed by atoms with Gasteiger partial charge in [-0.3, -0.25) is 4.79 Å². The van der Waals surface area contributed by atoms with E-state index in [0.717, 1.165) is 38.6 Å². The first-order chi connectivity index (χ1) is 9.69. The van der Waals surface area contributed by atoms with Gasteiger partial charge in [-0.05, 0) is 37.0 Å². The molecular formula is C14H27N3O3S. The van der Waals surface area contributed by atoms with Crippen LogP contribution in [0, 0.1) is 17.3 Å². The van der Waals surface area contributed by atoms with Crippen LogP contribution in [-0.4, -0.2) is 38.9 Å². The van der Waals surface area contributed by atoms with Crippen LogP contribution in [0.2, 0.25) is 0 Å². The summed E-state index contributed by atoms with van der Waals surface area (Å²) in [4.78, 5) is 14.7. The Hall–Kier alpha value is -0.660. The average molecular weight is 317 g/mol. The van der Waals surface area contributed by atoms with Crippen LogP contribution in [-0.2, 0) is 15.0 Å². The number of rotatable bonds is 4. The van der Waals surface area contributed by atoms with Crippen LogP contribution < -0.4 is 9.86 Å². The van der Waals surface area contributed by atoms with Gasteiger partial charge in [-0.2, -0.15) is 8.42 Å². The molecule has 2 atom stereocenters. The van der Waals surface area contributed by atoms with Crippen molar-refractivity contribution in [3.8, 4) is 0 Å². The molecule has 1 saturated heterocycles. The van der Waals surface area contributed by atoms with E-state index in [0.29, 0.717) is 13.1 Å². The van der Waals surface area contributed by atoms with E-state index in [-0.39, 0.29) is 23.2 Å². The van der Waals surface area contributed by atoms with E-state index in [4.69, 9.17) is 5.14 Å². The second-order valence-corrected chi connectivity index (χ2v) is 8.50. The molecule has 1 amide bonds. The van der Waals surface area contributed by atoms with Gasteiger partial charge in [0.1, 0.15) is 0 Å². The molecule has 1 aliphatic carbocycles. The average Bonchev–Trinajstić information content (AvgIpc) is 2.75. The van der Waals surface area contributed by atoms with E-state index in [1.807, 2.05) is 4.90 Å². The molecule has 0 radical (unpaired) electrons. The second-order valence-electron chi connectivity index (χ2n) is 7.12. The molecule has 0 bridgehead atoms. The SMILES string of the molecule is CC1(C)CCCC1C(=O)N1CCCC(CNS(N)(=O)=O)C1. The van der Waals surface area contributed by atoms with Crippen molar-refractivity contribution < 1.29 is 13.2 Å². The van der Waals surface area contributed by atoms with Crippen LogP contribution in [0.4, 0.5) is 0 Å². The van der Waals surface area contributed by atoms with Gasteiger partial charge in [0.25, 0.3) is 10.2 Å². The summed E-state index contributed by atoms with van der Waals surface area (Å²) in [6, 6.07) is 0. The fourth-order valence-electron chi connectivity index (χ4n) is 3.67. The summed E-state index contributed by atoms with van der Waals surface area (Å²) in [6.45, 7) is 6.08. The summed E-state index contributed by atoms with van der Waals surface area (Å²) in [5, 5.41) is 4.96. The van der Waals surface area contributed by atoms with Crippen LogP contribution in [0.1, 0.15) is 46.0 Å². The van der Waals surface area contributed by atoms with Gasteiger partial charge in [0.15, 0.2) is 0 Å². The van der Waals surface area contributed by atoms with Crippen LogP contribution in [0.15, 0.2) is 0 Å². The predicted molar refractivity (Wildman–Crippen MR) is 81.5 cm³/mol. The summed E-state index contributed by atoms with van der Waals surface area (Å²) >= 11 is 0. The largest absolute Gasteiger partial charge is 0.342 e. The van der Waals surface area contributed by atoms with Crippen molar-refractivity contribution in [1.82, 2.24) is 9.62 Å². The zero-order valence-electron chi connectivity index (χ0n) is 13.0. The maximum absolute atomic E-state index is 12.7. The normalized spacial score (nSPS) is 29.6. The lowest BCUT2D eigenvalue weighted by Crippen LogP contribution is -2.47. The number of piperidine rings is 1. The van der Waals surface area contributed by atoms with Crippen molar-refractivity contribution in [3.05, 3.63) is 0 Å². The number of nitrogens with two attached hydrogens (primary N) is 1. The number of hydrogen-bond acceptors (Lipinski definition) is 3. The molecule has 6 nitrogen and oxygen atoms in total. The molecule has 3 N–H and O–H groups in total. The maximum Gasteiger partial charge on any atom is 0.274 e. The first-order valence-electron chi connectivity index (χ1n) is 7.75. The summed E-state index contributed by atoms with van der Waals surface area (Å²) in [6.07, 6.45) is 5.06. The quantitative estimate of drug-likeness (QED) is 0.805. The Morgan fingerprint density at radius 3 is 2.62 bits per heavy atom. The van der Waals surface area contributed by atoms with E-state index >= 15 is 0 Å². The van der Waals surface area contributed by atoms with Gasteiger partial charge < -0.3 is 4.90 Å². The van der Waals surface area contributed by atoms with Crippen molar-refractivity contribution >= 4 is 16.1 Å². The molecule has 2 unspecified atom stereocenters. The third kappa shape index (κ3) is 4.40. The van der Waals surface area contributed by atoms with E-state index < -0.39 is 10.2 Å². The third-order valence-electron chi connectivity index (χ3n) is 4.96. The summed E-state index contributed by atoms with van der Waals surface area (Å²) in [7, 11) is -3.65. The smallest absolute Gasteiger partial charge is 0.274 e. The monoisotopic (exact) mass is 317 g/mol. The molecule has 2 aliphatic rings. The van der Waals surface area contributed by atoms with Crippen LogP contribution in [0.3, 0.4) is 0 Å². The summed E-state index contributed by atoms with van der Waals surface area (Å²) in [5.74, 6) is 0.519. The van der Waals surface area contributed by atoms with E-state index in [1.165, 1.54) is 0 Å². The Morgan fingerprint density at radius 2 is 2.05 bits per heavy atom. The zero-order chi connectivity index (χ0) is 15.7. The van der Waals surface area contributed by atoms with Crippen molar-refractivity contribution in [2.45, 2.75) is 46.0 Å². The number of carbonyl (C=O) groups excluding carboxylic acids is 1. The minimum atomic E-state index is -3.65. The van der Waals surface area contributed by atoms with Gasteiger partial charge in [0.2, 0.25) is 5.91 Å². The molecule has 1 heterocycles. The standard InChI is InChI=1S/C14H27N3O3S/c1-14(2)7-3-6-12(14)13(18)17-8-4-5-11(10-17)9-16-21(15,19)20/h11-12,16H,3-10H2,1-2H3,(H2,15,19,20). The van der Waals surface area contributed by atoms with Gasteiger partial charge in [-0.1, -0.05) is 20.3 Å². The molecule has 2 fully saturated rings. The first kappa shape index (κ1) is 16.7. The number of likely N-dealkylation sites (tertiary alicyclic amines) is 1. The van der Waals surface area contributed by atoms with E-state index in [1.54, 1.807) is 0 Å². The molecular weight excluding hydrogens is 290 g/mol. The Balaban J connectivity index is 1.93. The lowest BCUT2D eigenvalue weighted by Gasteiger charge is -2.37. The van der Waals surface area contributed by atoms with Crippen molar-refractivity contribution in [2.75, 3.05) is 19.6 Å². The third-order valence-corrected chi connectivity index (χ3v) is 5.53. The van der Waals surface area contributed by atoms with Crippen LogP contribution in [0.25, 0.3) is 0 Å². The number of amides is 1. The molecule has 0 aromatic heterocycles. The highest BCUT2D eigenvalue weighted by Gasteiger charge is 2.41. The van der Waals surface area contributed by atoms with Crippen LogP contribution >= 0.6 is 0 Å². The molecule has 0 aromatic carbocycles. The molecule has 0 aromatic rings. The van der Waals surface area contributed by atoms with Gasteiger partial charge in [0.05, 0.1) is 0 Å². The minimum absolute atomic E-state index is 0.0862. The maximum atomic E-state index is 12.7. The lowest BCUT2D eigenvalue weighted by molar-refractivity contribution is -0.140. The summed E-state index contributed by atoms with van der Waals surface area (Å²) < 4.78 is 24.3. The molecule has 1 saturated carbocycles. The van der Waals surface area contributed by atoms with Gasteiger partial charge in [-0.15, -0.1) is 0 Å². The Kier molecular flexibility index (Phi) is 4.95. The highest BCUT2D eigenvalue weighted by atomic mass is 32.2. The van der Waals surface area contributed by atoms with E-state index in [2.05, 4.69) is 18.6 Å². The summed E-state index contributed by atoms with van der Waals surface area (Å²) in [5.41, 5.74) is 0.0862. The Bertz CT molecular complexity index is 490. The number of carbonyl (C=O) groups is 1. The Labute approximate surface area is 127 Å². The van der Waals surface area contributed by atoms with Gasteiger partial charge >= 0.3 is 0 Å². The first-order valence-corrected chi connectivity index (χ1v) is 9.30. The minimum Gasteiger partial charge on any atom is -0.342 e. The number of hydrogen-bond donors (Lipinski definition) is 2. The number of nitrogens with zero attached hydrogens (tertiary/aromatic N) is 1. The molecule has 122 valence electrons. The highest BCUT2D eigenvalue weighted by Crippen LogP contribution is 2.43. The lowest BCUT2D eigenvalue weighted by atomic mass is 9.80. The van der Waals surface area contributed by atoms with Crippen LogP contribution in [0.5, 0.6) is 0 Å². The molecule has 0 spiro atoms. The fraction of sp³-hybridized carbons (Fsp3) is 0.929. The van der Waals surface area contributed by atoms with Gasteiger partial charge in [-0.25, -0.2) is 9.86 Å². The fourth-order valence-corrected chi connectivity index (χ4v) is 4.14. The van der Waals surface area contributed by atoms with E-state index in [9.17, 15) is 13.2 Å². The number of nitrogens with one attached hydrogen (secondary N) is 1. The molecule has 2 rings (SSSR count). The van der Waals surface area contributed by atoms with Crippen molar-refractivity contribution in [3.63, 3.8) is 0 Å². The topological polar surface area (TPSA) is 92.5 Å². The zero-order valence-corrected chi connectivity index (χ0v) is 13.8. The molecule has 7 heteroatoms. The molecule has 1 aliphatic heterocycles. The predicted octanol–water partition coefficient (Wildman–Crippen LogP) is 0.844. The second kappa shape index (κ2) is 6.22.